The molecule has 2 N–H and O–H groups in total. The molecule has 54 valence electrons. The van der Waals surface area contributed by atoms with Crippen molar-refractivity contribution < 1.29 is 0 Å². The van der Waals surface area contributed by atoms with E-state index in [2.05, 4.69) is 11.8 Å². The third-order valence-electron chi connectivity index (χ3n) is 1.16. The summed E-state index contributed by atoms with van der Waals surface area (Å²) in [5, 5.41) is 8.28. The third kappa shape index (κ3) is 5.15. The summed E-state index contributed by atoms with van der Waals surface area (Å²) in [5.74, 6) is 5.70. The van der Waals surface area contributed by atoms with Crippen molar-refractivity contribution in [3.63, 3.8) is 0 Å². The van der Waals surface area contributed by atoms with Gasteiger partial charge in [-0.15, -0.1) is 11.8 Å². The highest BCUT2D eigenvalue weighted by Gasteiger charge is 1.96. The van der Waals surface area contributed by atoms with Gasteiger partial charge < -0.3 is 5.73 Å². The molecule has 0 saturated carbocycles. The van der Waals surface area contributed by atoms with Crippen LogP contribution in [-0.4, -0.2) is 6.04 Å². The second-order valence-electron chi connectivity index (χ2n) is 2.05. The number of nitrogens with two attached hydrogens (primary N) is 1. The van der Waals surface area contributed by atoms with Crippen LogP contribution in [0.5, 0.6) is 0 Å². The second-order valence-corrected chi connectivity index (χ2v) is 2.05. The van der Waals surface area contributed by atoms with Gasteiger partial charge in [0.25, 0.3) is 0 Å². The van der Waals surface area contributed by atoms with Gasteiger partial charge in [-0.3, -0.25) is 0 Å². The normalized spacial score (nSPS) is 10.9. The summed E-state index contributed by atoms with van der Waals surface area (Å²) in [6.07, 6.45) is 2.53. The maximum atomic E-state index is 8.28. The van der Waals surface area contributed by atoms with Crippen molar-refractivity contribution in [3.8, 4) is 17.9 Å². The molecule has 0 bridgehead atoms. The molecule has 1 unspecified atom stereocenters. The Morgan fingerprint density at radius 2 is 2.30 bits per heavy atom. The van der Waals surface area contributed by atoms with Crippen LogP contribution in [-0.2, 0) is 0 Å². The quantitative estimate of drug-likeness (QED) is 0.465. The van der Waals surface area contributed by atoms with Gasteiger partial charge in [-0.25, -0.2) is 0 Å². The monoisotopic (exact) mass is 136 g/mol. The van der Waals surface area contributed by atoms with E-state index in [1.165, 1.54) is 0 Å². The minimum Gasteiger partial charge on any atom is -0.316 e. The summed E-state index contributed by atoms with van der Waals surface area (Å²) in [6.45, 7) is 1.81. The van der Waals surface area contributed by atoms with Crippen molar-refractivity contribution in [2.75, 3.05) is 0 Å². The van der Waals surface area contributed by atoms with E-state index in [1.807, 2.05) is 13.0 Å². The van der Waals surface area contributed by atoms with Gasteiger partial charge in [0.15, 0.2) is 0 Å². The highest BCUT2D eigenvalue weighted by molar-refractivity contribution is 4.95. The highest BCUT2D eigenvalue weighted by atomic mass is 14.6. The van der Waals surface area contributed by atoms with Crippen LogP contribution in [0.4, 0.5) is 0 Å². The molecular weight excluding hydrogens is 124 g/mol. The summed E-state index contributed by atoms with van der Waals surface area (Å²) in [5.41, 5.74) is 5.35. The SMILES string of the molecule is CC#CCCCC(N)C#N. The van der Waals surface area contributed by atoms with Gasteiger partial charge in [0.05, 0.1) is 12.1 Å². The van der Waals surface area contributed by atoms with Crippen molar-refractivity contribution >= 4 is 0 Å². The average molecular weight is 136 g/mol. The molecule has 0 aliphatic heterocycles. The van der Waals surface area contributed by atoms with Gasteiger partial charge in [0, 0.05) is 6.42 Å². The highest BCUT2D eigenvalue weighted by Crippen LogP contribution is 1.96. The van der Waals surface area contributed by atoms with Gasteiger partial charge in [-0.05, 0) is 19.8 Å². The van der Waals surface area contributed by atoms with Crippen LogP contribution in [0.2, 0.25) is 0 Å². The van der Waals surface area contributed by atoms with Gasteiger partial charge in [-0.1, -0.05) is 0 Å². The molecule has 2 nitrogen and oxygen atoms in total. The topological polar surface area (TPSA) is 49.8 Å². The molecule has 0 rings (SSSR count). The zero-order chi connectivity index (χ0) is 7.82. The predicted octanol–water partition coefficient (Wildman–Crippen LogP) is 1.03. The molecule has 0 aliphatic carbocycles. The second kappa shape index (κ2) is 6.13. The van der Waals surface area contributed by atoms with E-state index in [-0.39, 0.29) is 6.04 Å². The number of nitrogens with zero attached hydrogens (tertiary/aromatic N) is 1. The largest absolute Gasteiger partial charge is 0.316 e. The average Bonchev–Trinajstić information content (AvgIpc) is 1.98. The fourth-order valence-electron chi connectivity index (χ4n) is 0.600. The van der Waals surface area contributed by atoms with Gasteiger partial charge in [0.2, 0.25) is 0 Å². The zero-order valence-electron chi connectivity index (χ0n) is 6.22. The van der Waals surface area contributed by atoms with Crippen LogP contribution in [0.1, 0.15) is 26.2 Å². The summed E-state index contributed by atoms with van der Waals surface area (Å²) in [7, 11) is 0. The Balaban J connectivity index is 3.19. The Morgan fingerprint density at radius 3 is 2.80 bits per heavy atom. The minimum atomic E-state index is -0.307. The number of hydrogen-bond acceptors (Lipinski definition) is 2. The lowest BCUT2D eigenvalue weighted by molar-refractivity contribution is 0.688. The molecule has 10 heavy (non-hydrogen) atoms. The van der Waals surface area contributed by atoms with Crippen LogP contribution in [0.15, 0.2) is 0 Å². The number of unbranched alkanes of at least 4 members (excludes halogenated alkanes) is 1. The molecule has 0 radical (unpaired) electrons. The van der Waals surface area contributed by atoms with E-state index >= 15 is 0 Å². The summed E-state index contributed by atoms with van der Waals surface area (Å²) in [4.78, 5) is 0. The van der Waals surface area contributed by atoms with E-state index < -0.39 is 0 Å². The Hall–Kier alpha value is -0.990. The molecule has 0 spiro atoms. The van der Waals surface area contributed by atoms with Crippen molar-refractivity contribution in [1.82, 2.24) is 0 Å². The molecule has 2 heteroatoms. The molecule has 0 fully saturated rings. The van der Waals surface area contributed by atoms with Crippen LogP contribution in [0, 0.1) is 23.2 Å². The number of nitriles is 1. The van der Waals surface area contributed by atoms with E-state index in [0.717, 1.165) is 19.3 Å². The van der Waals surface area contributed by atoms with Gasteiger partial charge in [0.1, 0.15) is 0 Å². The molecule has 0 aromatic carbocycles. The zero-order valence-corrected chi connectivity index (χ0v) is 6.22. The summed E-state index contributed by atoms with van der Waals surface area (Å²) < 4.78 is 0. The van der Waals surface area contributed by atoms with Crippen molar-refractivity contribution in [2.45, 2.75) is 32.2 Å². The fraction of sp³-hybridized carbons (Fsp3) is 0.625. The van der Waals surface area contributed by atoms with Crippen LogP contribution < -0.4 is 5.73 Å². The summed E-state index contributed by atoms with van der Waals surface area (Å²) in [6, 6.07) is 1.66. The van der Waals surface area contributed by atoms with Gasteiger partial charge >= 0.3 is 0 Å². The van der Waals surface area contributed by atoms with E-state index in [4.69, 9.17) is 11.0 Å². The standard InChI is InChI=1S/C8H12N2/c1-2-3-4-5-6-8(10)7-9/h8H,4-6,10H2,1H3. The van der Waals surface area contributed by atoms with Crippen LogP contribution in [0.3, 0.4) is 0 Å². The maximum absolute atomic E-state index is 8.28. The Morgan fingerprint density at radius 1 is 1.60 bits per heavy atom. The molecule has 0 aromatic rings. The lowest BCUT2D eigenvalue weighted by Gasteiger charge is -1.96. The van der Waals surface area contributed by atoms with Crippen LogP contribution >= 0.6 is 0 Å². The summed E-state index contributed by atoms with van der Waals surface area (Å²) >= 11 is 0. The molecule has 0 saturated heterocycles. The molecule has 0 aromatic heterocycles. The van der Waals surface area contributed by atoms with E-state index in [1.54, 1.807) is 0 Å². The molecule has 0 heterocycles. The molecule has 0 amide bonds. The predicted molar refractivity (Wildman–Crippen MR) is 40.9 cm³/mol. The minimum absolute atomic E-state index is 0.307. The number of hydrogen-bond donors (Lipinski definition) is 1. The fourth-order valence-corrected chi connectivity index (χ4v) is 0.600. The lowest BCUT2D eigenvalue weighted by atomic mass is 10.1. The van der Waals surface area contributed by atoms with Crippen molar-refractivity contribution in [1.29, 1.82) is 5.26 Å². The first-order valence-electron chi connectivity index (χ1n) is 3.36. The molecular formula is C8H12N2. The van der Waals surface area contributed by atoms with Crippen molar-refractivity contribution in [3.05, 3.63) is 0 Å². The Labute approximate surface area is 62.0 Å². The first kappa shape index (κ1) is 9.01. The van der Waals surface area contributed by atoms with Crippen molar-refractivity contribution in [2.24, 2.45) is 5.73 Å². The first-order valence-corrected chi connectivity index (χ1v) is 3.36. The molecule has 1 atom stereocenters. The van der Waals surface area contributed by atoms with Gasteiger partial charge in [-0.2, -0.15) is 5.26 Å². The third-order valence-corrected chi connectivity index (χ3v) is 1.16. The number of rotatable bonds is 3. The van der Waals surface area contributed by atoms with Crippen LogP contribution in [0.25, 0.3) is 0 Å². The maximum Gasteiger partial charge on any atom is 0.0928 e. The lowest BCUT2D eigenvalue weighted by Crippen LogP contribution is -2.16. The van der Waals surface area contributed by atoms with E-state index in [9.17, 15) is 0 Å². The van der Waals surface area contributed by atoms with E-state index in [0.29, 0.717) is 0 Å². The Kier molecular flexibility index (Phi) is 5.53. The first-order chi connectivity index (χ1) is 4.81. The Bertz CT molecular complexity index is 168. The molecule has 0 aliphatic rings. The smallest absolute Gasteiger partial charge is 0.0928 e.